The molecule has 0 aromatic heterocycles. The van der Waals surface area contributed by atoms with Gasteiger partial charge in [0.05, 0.1) is 11.3 Å². The maximum atomic E-state index is 11.6. The second kappa shape index (κ2) is 7.52. The lowest BCUT2D eigenvalue weighted by Gasteiger charge is -2.15. The highest BCUT2D eigenvalue weighted by molar-refractivity contribution is 7.90. The van der Waals surface area contributed by atoms with Crippen LogP contribution in [0.3, 0.4) is 0 Å². The summed E-state index contributed by atoms with van der Waals surface area (Å²) >= 11 is 0. The average Bonchev–Trinajstić information content (AvgIpc) is 3.08. The Morgan fingerprint density at radius 1 is 1.19 bits per heavy atom. The number of esters is 1. The summed E-state index contributed by atoms with van der Waals surface area (Å²) in [7, 11) is -3.21. The Kier molecular flexibility index (Phi) is 5.32. The zero-order valence-electron chi connectivity index (χ0n) is 15.4. The van der Waals surface area contributed by atoms with E-state index < -0.39 is 15.8 Å². The quantitative estimate of drug-likeness (QED) is 0.748. The van der Waals surface area contributed by atoms with Gasteiger partial charge < -0.3 is 9.57 Å². The maximum absolute atomic E-state index is 11.6. The van der Waals surface area contributed by atoms with Crippen LogP contribution < -0.4 is 0 Å². The van der Waals surface area contributed by atoms with Crippen molar-refractivity contribution in [1.82, 2.24) is 0 Å². The number of carbonyl (C=O) groups is 1. The van der Waals surface area contributed by atoms with E-state index in [0.29, 0.717) is 11.3 Å². The van der Waals surface area contributed by atoms with Crippen molar-refractivity contribution in [3.63, 3.8) is 0 Å². The first-order chi connectivity index (χ1) is 12.8. The zero-order valence-corrected chi connectivity index (χ0v) is 16.2. The van der Waals surface area contributed by atoms with Crippen molar-refractivity contribution >= 4 is 21.7 Å². The number of oxime groups is 1. The Morgan fingerprint density at radius 3 is 2.44 bits per heavy atom. The van der Waals surface area contributed by atoms with Gasteiger partial charge in [-0.25, -0.2) is 8.42 Å². The van der Waals surface area contributed by atoms with Gasteiger partial charge in [-0.15, -0.1) is 0 Å². The van der Waals surface area contributed by atoms with Gasteiger partial charge in [-0.2, -0.15) is 0 Å². The molecule has 1 aliphatic heterocycles. The van der Waals surface area contributed by atoms with Gasteiger partial charge >= 0.3 is 5.97 Å². The van der Waals surface area contributed by atoms with Crippen molar-refractivity contribution in [3.8, 4) is 11.1 Å². The highest BCUT2D eigenvalue weighted by Gasteiger charge is 2.27. The predicted octanol–water partition coefficient (Wildman–Crippen LogP) is 3.66. The molecule has 1 aliphatic rings. The third-order valence-corrected chi connectivity index (χ3v) is 5.52. The summed E-state index contributed by atoms with van der Waals surface area (Å²) in [6.07, 6.45) is 2.12. The second-order valence-corrected chi connectivity index (χ2v) is 8.46. The molecule has 0 aliphatic carbocycles. The van der Waals surface area contributed by atoms with E-state index in [4.69, 9.17) is 9.57 Å². The Balaban J connectivity index is 1.84. The molecule has 0 spiro atoms. The molecular weight excluding hydrogens is 366 g/mol. The van der Waals surface area contributed by atoms with Gasteiger partial charge in [0.1, 0.15) is 0 Å². The minimum atomic E-state index is -3.21. The molecule has 7 heteroatoms. The molecular formula is C20H21NO5S. The van der Waals surface area contributed by atoms with E-state index in [1.54, 1.807) is 24.3 Å². The molecule has 0 saturated carbocycles. The smallest absolute Gasteiger partial charge is 0.309 e. The Morgan fingerprint density at radius 2 is 1.85 bits per heavy atom. The molecule has 2 aromatic carbocycles. The fourth-order valence-corrected chi connectivity index (χ4v) is 3.68. The number of sulfone groups is 1. The molecule has 0 N–H and O–H groups in total. The standard InChI is InChI=1S/C20H21NO5S/c1-4-14-11-16(15-5-8-17(9-6-15)27(3,23)24)7-10-18(14)19-12-20(21-26-19)25-13(2)22/h5-11,19H,4,12H2,1-3H3. The Hall–Kier alpha value is -2.67. The summed E-state index contributed by atoms with van der Waals surface area (Å²) in [4.78, 5) is 16.8. The molecule has 142 valence electrons. The van der Waals surface area contributed by atoms with Gasteiger partial charge in [-0.05, 0) is 40.8 Å². The molecule has 0 bridgehead atoms. The van der Waals surface area contributed by atoms with Crippen molar-refractivity contribution in [2.75, 3.05) is 6.26 Å². The van der Waals surface area contributed by atoms with Gasteiger partial charge in [0.25, 0.3) is 0 Å². The van der Waals surface area contributed by atoms with Crippen LogP contribution in [0.2, 0.25) is 0 Å². The second-order valence-electron chi connectivity index (χ2n) is 6.44. The topological polar surface area (TPSA) is 82.0 Å². The van der Waals surface area contributed by atoms with E-state index in [2.05, 4.69) is 18.1 Å². The molecule has 1 heterocycles. The average molecular weight is 387 g/mol. The number of rotatable bonds is 4. The summed E-state index contributed by atoms with van der Waals surface area (Å²) < 4.78 is 28.2. The molecule has 1 unspecified atom stereocenters. The summed E-state index contributed by atoms with van der Waals surface area (Å²) in [5, 5.41) is 3.84. The number of ether oxygens (including phenoxy) is 1. The molecule has 27 heavy (non-hydrogen) atoms. The largest absolute Gasteiger partial charge is 0.408 e. The lowest BCUT2D eigenvalue weighted by molar-refractivity contribution is -0.133. The molecule has 2 aromatic rings. The monoisotopic (exact) mass is 387 g/mol. The van der Waals surface area contributed by atoms with Crippen LogP contribution in [0.15, 0.2) is 52.5 Å². The van der Waals surface area contributed by atoms with Crippen LogP contribution in [0, 0.1) is 0 Å². The van der Waals surface area contributed by atoms with Crippen molar-refractivity contribution in [2.45, 2.75) is 37.7 Å². The van der Waals surface area contributed by atoms with Crippen molar-refractivity contribution < 1.29 is 22.8 Å². The van der Waals surface area contributed by atoms with E-state index in [9.17, 15) is 13.2 Å². The highest BCUT2D eigenvalue weighted by atomic mass is 32.2. The van der Waals surface area contributed by atoms with Crippen molar-refractivity contribution in [1.29, 1.82) is 0 Å². The fraction of sp³-hybridized carbons (Fsp3) is 0.300. The first-order valence-electron chi connectivity index (χ1n) is 8.62. The predicted molar refractivity (Wildman–Crippen MR) is 102 cm³/mol. The molecule has 3 rings (SSSR count). The van der Waals surface area contributed by atoms with Crippen LogP contribution in [-0.4, -0.2) is 26.5 Å². The van der Waals surface area contributed by atoms with Crippen LogP contribution in [0.4, 0.5) is 0 Å². The lowest BCUT2D eigenvalue weighted by atomic mass is 9.94. The summed E-state index contributed by atoms with van der Waals surface area (Å²) in [6, 6.07) is 12.9. The van der Waals surface area contributed by atoms with Gasteiger partial charge in [0.2, 0.25) is 5.90 Å². The summed E-state index contributed by atoms with van der Waals surface area (Å²) in [6.45, 7) is 3.38. The lowest BCUT2D eigenvalue weighted by Crippen LogP contribution is -2.09. The normalized spacial score (nSPS) is 16.6. The van der Waals surface area contributed by atoms with E-state index in [1.165, 1.54) is 13.2 Å². The number of aryl methyl sites for hydroxylation is 1. The SMILES string of the molecule is CCc1cc(-c2ccc(S(C)(=O)=O)cc2)ccc1C1CC(OC(C)=O)=NO1. The third kappa shape index (κ3) is 4.36. The van der Waals surface area contributed by atoms with E-state index in [-0.39, 0.29) is 12.0 Å². The van der Waals surface area contributed by atoms with Crippen LogP contribution in [0.5, 0.6) is 0 Å². The van der Waals surface area contributed by atoms with Gasteiger partial charge in [0.15, 0.2) is 15.9 Å². The van der Waals surface area contributed by atoms with Crippen LogP contribution >= 0.6 is 0 Å². The summed E-state index contributed by atoms with van der Waals surface area (Å²) in [5.74, 6) is -0.128. The van der Waals surface area contributed by atoms with E-state index in [1.807, 2.05) is 12.1 Å². The van der Waals surface area contributed by atoms with E-state index in [0.717, 1.165) is 28.7 Å². The molecule has 1 atom stereocenters. The molecule has 0 saturated heterocycles. The maximum Gasteiger partial charge on any atom is 0.309 e. The van der Waals surface area contributed by atoms with Gasteiger partial charge in [0, 0.05) is 13.2 Å². The number of carbonyl (C=O) groups excluding carboxylic acids is 1. The van der Waals surface area contributed by atoms with Crippen LogP contribution in [0.1, 0.15) is 37.5 Å². The Bertz CT molecular complexity index is 994. The first-order valence-corrected chi connectivity index (χ1v) is 10.5. The number of hydrogen-bond donors (Lipinski definition) is 0. The first kappa shape index (κ1) is 19.1. The van der Waals surface area contributed by atoms with Crippen molar-refractivity contribution in [2.24, 2.45) is 5.16 Å². The molecule has 0 radical (unpaired) electrons. The Labute approximate surface area is 158 Å². The number of benzene rings is 2. The van der Waals surface area contributed by atoms with Gasteiger partial charge in [-0.3, -0.25) is 4.79 Å². The molecule has 6 nitrogen and oxygen atoms in total. The molecule has 0 amide bonds. The third-order valence-electron chi connectivity index (χ3n) is 4.39. The summed E-state index contributed by atoms with van der Waals surface area (Å²) in [5.41, 5.74) is 4.03. The minimum Gasteiger partial charge on any atom is -0.408 e. The van der Waals surface area contributed by atoms with E-state index >= 15 is 0 Å². The number of nitrogens with zero attached hydrogens (tertiary/aromatic N) is 1. The fourth-order valence-electron chi connectivity index (χ4n) is 3.05. The van der Waals surface area contributed by atoms with Gasteiger partial charge in [-0.1, -0.05) is 42.4 Å². The highest BCUT2D eigenvalue weighted by Crippen LogP contribution is 2.33. The number of hydrogen-bond acceptors (Lipinski definition) is 6. The van der Waals surface area contributed by atoms with Crippen molar-refractivity contribution in [3.05, 3.63) is 53.6 Å². The minimum absolute atomic E-state index is 0.282. The van der Waals surface area contributed by atoms with Crippen LogP contribution in [-0.2, 0) is 30.6 Å². The molecule has 0 fully saturated rings. The van der Waals surface area contributed by atoms with Crippen LogP contribution in [0.25, 0.3) is 11.1 Å². The zero-order chi connectivity index (χ0) is 19.6.